The average molecular weight is 437 g/mol. The Balaban J connectivity index is 2.06. The van der Waals surface area contributed by atoms with Crippen LogP contribution in [-0.2, 0) is 0 Å². The molecule has 0 unspecified atom stereocenters. The molecule has 0 aliphatic heterocycles. The lowest BCUT2D eigenvalue weighted by Crippen LogP contribution is -1.95. The van der Waals surface area contributed by atoms with Gasteiger partial charge in [0, 0.05) is 36.5 Å². The van der Waals surface area contributed by atoms with Crippen molar-refractivity contribution in [2.75, 3.05) is 23.0 Å². The molecule has 7 heteroatoms. The second-order valence-electron chi connectivity index (χ2n) is 5.01. The largest absolute Gasteiger partial charge is 0.504 e. The number of aromatic hydroxyl groups is 1. The van der Waals surface area contributed by atoms with Crippen molar-refractivity contribution in [3.8, 4) is 23.0 Å². The van der Waals surface area contributed by atoms with Crippen LogP contribution in [-0.4, -0.2) is 24.2 Å². The van der Waals surface area contributed by atoms with Crippen LogP contribution in [0.2, 0.25) is 0 Å². The van der Waals surface area contributed by atoms with E-state index in [1.807, 2.05) is 48.1 Å². The van der Waals surface area contributed by atoms with Gasteiger partial charge in [-0.1, -0.05) is 0 Å². The number of hydrogen-bond donors (Lipinski definition) is 3. The van der Waals surface area contributed by atoms with Gasteiger partial charge in [-0.15, -0.1) is 0 Å². The van der Waals surface area contributed by atoms with Gasteiger partial charge in [-0.05, 0) is 24.3 Å². The zero-order chi connectivity index (χ0) is 17.1. The molecule has 0 fully saturated rings. The molecule has 0 radical (unpaired) electrons. The van der Waals surface area contributed by atoms with Gasteiger partial charge < -0.3 is 23.4 Å². The molecule has 0 spiro atoms. The summed E-state index contributed by atoms with van der Waals surface area (Å²) in [5.41, 5.74) is 2.37. The number of rotatable bonds is 5. The van der Waals surface area contributed by atoms with E-state index in [9.17, 15) is 5.11 Å². The Morgan fingerprint density at radius 1 is 1.08 bits per heavy atom. The predicted molar refractivity (Wildman–Crippen MR) is 104 cm³/mol. The molecule has 0 bridgehead atoms. The second kappa shape index (κ2) is 7.00. The topological polar surface area (TPSA) is 75.6 Å². The number of halogens is 1. The summed E-state index contributed by atoms with van der Waals surface area (Å²) in [6.45, 7) is 0. The van der Waals surface area contributed by atoms with E-state index in [1.54, 1.807) is 31.5 Å². The Labute approximate surface area is 153 Å². The van der Waals surface area contributed by atoms with Crippen molar-refractivity contribution in [1.82, 2.24) is 4.98 Å². The molecule has 0 amide bonds. The normalized spacial score (nSPS) is 10.5. The van der Waals surface area contributed by atoms with Crippen LogP contribution in [0.25, 0.3) is 10.9 Å². The Morgan fingerprint density at radius 2 is 1.92 bits per heavy atom. The third kappa shape index (κ3) is 3.12. The minimum atomic E-state index is 0.0592. The molecule has 0 aliphatic carbocycles. The highest BCUT2D eigenvalue weighted by Gasteiger charge is 2.12. The van der Waals surface area contributed by atoms with Crippen molar-refractivity contribution in [3.05, 3.63) is 42.6 Å². The number of aromatic nitrogens is 1. The fraction of sp³-hybridized carbons (Fsp3) is 0.118. The lowest BCUT2D eigenvalue weighted by atomic mass is 10.1. The zero-order valence-corrected chi connectivity index (χ0v) is 15.3. The number of anilines is 2. The van der Waals surface area contributed by atoms with Gasteiger partial charge in [0.1, 0.15) is 11.5 Å². The van der Waals surface area contributed by atoms with E-state index in [2.05, 4.69) is 13.8 Å². The first-order valence-corrected chi connectivity index (χ1v) is 8.26. The summed E-state index contributed by atoms with van der Waals surface area (Å²) >= 11 is 2.00. The highest BCUT2D eigenvalue weighted by Crippen LogP contribution is 2.38. The summed E-state index contributed by atoms with van der Waals surface area (Å²) in [7, 11) is 3.44. The van der Waals surface area contributed by atoms with E-state index in [0.29, 0.717) is 17.2 Å². The Kier molecular flexibility index (Phi) is 4.79. The Morgan fingerprint density at radius 3 is 2.58 bits per heavy atom. The Hall–Kier alpha value is -2.42. The standard InChI is InChI=1S/C17H16IN3O3/c1-19-13-8-11-12(9-17(13)23-2)20-6-5-15(11)24-16-4-3-10(21-18)7-14(16)22/h3-9,19,21-22H,1-2H3. The second-order valence-corrected chi connectivity index (χ2v) is 5.55. The van der Waals surface area contributed by atoms with E-state index >= 15 is 0 Å². The lowest BCUT2D eigenvalue weighted by molar-refractivity contribution is 0.413. The number of nitrogens with one attached hydrogen (secondary N) is 2. The van der Waals surface area contributed by atoms with Crippen molar-refractivity contribution in [2.24, 2.45) is 0 Å². The first-order chi connectivity index (χ1) is 11.7. The van der Waals surface area contributed by atoms with Crippen LogP contribution in [0.4, 0.5) is 11.4 Å². The maximum absolute atomic E-state index is 10.1. The maximum atomic E-state index is 10.1. The van der Waals surface area contributed by atoms with Crippen LogP contribution >= 0.6 is 22.9 Å². The van der Waals surface area contributed by atoms with E-state index in [1.165, 1.54) is 0 Å². The first kappa shape index (κ1) is 16.4. The number of fused-ring (bicyclic) bond motifs is 1. The quantitative estimate of drug-likeness (QED) is 0.402. The molecule has 6 nitrogen and oxygen atoms in total. The van der Waals surface area contributed by atoms with Gasteiger partial charge in [0.2, 0.25) is 0 Å². The molecule has 3 rings (SSSR count). The van der Waals surface area contributed by atoms with Crippen LogP contribution < -0.4 is 18.3 Å². The number of phenolic OH excluding ortho intramolecular Hbond substituents is 1. The summed E-state index contributed by atoms with van der Waals surface area (Å²) in [5, 5.41) is 14.0. The number of phenols is 1. The number of pyridine rings is 1. The molecule has 1 heterocycles. The van der Waals surface area contributed by atoms with Gasteiger partial charge in [0.25, 0.3) is 0 Å². The van der Waals surface area contributed by atoms with Gasteiger partial charge in [-0.25, -0.2) is 0 Å². The molecule has 0 aliphatic rings. The van der Waals surface area contributed by atoms with Gasteiger partial charge in [-0.2, -0.15) is 0 Å². The Bertz CT molecular complexity index is 886. The van der Waals surface area contributed by atoms with E-state index in [-0.39, 0.29) is 5.75 Å². The van der Waals surface area contributed by atoms with Crippen molar-refractivity contribution >= 4 is 45.1 Å². The maximum Gasteiger partial charge on any atom is 0.169 e. The van der Waals surface area contributed by atoms with Gasteiger partial charge >= 0.3 is 0 Å². The molecule has 0 saturated carbocycles. The summed E-state index contributed by atoms with van der Waals surface area (Å²) < 4.78 is 14.2. The van der Waals surface area contributed by atoms with Crippen LogP contribution in [0.15, 0.2) is 42.6 Å². The van der Waals surface area contributed by atoms with Crippen molar-refractivity contribution in [2.45, 2.75) is 0 Å². The fourth-order valence-corrected chi connectivity index (χ4v) is 2.72. The van der Waals surface area contributed by atoms with Crippen LogP contribution in [0.1, 0.15) is 0 Å². The number of hydrogen-bond acceptors (Lipinski definition) is 6. The first-order valence-electron chi connectivity index (χ1n) is 7.18. The number of nitrogens with zero attached hydrogens (tertiary/aromatic N) is 1. The number of ether oxygens (including phenoxy) is 2. The fourth-order valence-electron chi connectivity index (χ4n) is 2.38. The molecular formula is C17H16IN3O3. The molecule has 0 saturated heterocycles. The van der Waals surface area contributed by atoms with E-state index < -0.39 is 0 Å². The van der Waals surface area contributed by atoms with Gasteiger partial charge in [0.15, 0.2) is 11.5 Å². The zero-order valence-electron chi connectivity index (χ0n) is 13.1. The minimum Gasteiger partial charge on any atom is -0.504 e. The minimum absolute atomic E-state index is 0.0592. The SMILES string of the molecule is CNc1cc2c(Oc3ccc(NI)cc3O)ccnc2cc1OC. The molecule has 24 heavy (non-hydrogen) atoms. The van der Waals surface area contributed by atoms with E-state index in [0.717, 1.165) is 22.3 Å². The van der Waals surface area contributed by atoms with Crippen molar-refractivity contribution in [1.29, 1.82) is 0 Å². The summed E-state index contributed by atoms with van der Waals surface area (Å²) in [5.74, 6) is 1.74. The van der Waals surface area contributed by atoms with Crippen LogP contribution in [0.5, 0.6) is 23.0 Å². The average Bonchev–Trinajstić information content (AvgIpc) is 2.62. The van der Waals surface area contributed by atoms with Gasteiger partial charge in [-0.3, -0.25) is 4.98 Å². The molecule has 0 atom stereocenters. The van der Waals surface area contributed by atoms with Crippen LogP contribution in [0, 0.1) is 0 Å². The highest BCUT2D eigenvalue weighted by atomic mass is 127. The van der Waals surface area contributed by atoms with Crippen molar-refractivity contribution < 1.29 is 14.6 Å². The van der Waals surface area contributed by atoms with Gasteiger partial charge in [0.05, 0.1) is 41.2 Å². The molecule has 2 aromatic carbocycles. The van der Waals surface area contributed by atoms with Crippen molar-refractivity contribution in [3.63, 3.8) is 0 Å². The molecular weight excluding hydrogens is 421 g/mol. The monoisotopic (exact) mass is 437 g/mol. The molecule has 3 aromatic rings. The highest BCUT2D eigenvalue weighted by molar-refractivity contribution is 14.1. The van der Waals surface area contributed by atoms with Crippen LogP contribution in [0.3, 0.4) is 0 Å². The molecule has 1 aromatic heterocycles. The third-order valence-electron chi connectivity index (χ3n) is 3.58. The number of methoxy groups -OCH3 is 1. The summed E-state index contributed by atoms with van der Waals surface area (Å²) in [6, 6.07) is 10.7. The predicted octanol–water partition coefficient (Wildman–Crippen LogP) is 4.54. The molecule has 3 N–H and O–H groups in total. The summed E-state index contributed by atoms with van der Waals surface area (Å²) in [4.78, 5) is 4.36. The smallest absolute Gasteiger partial charge is 0.169 e. The number of benzene rings is 2. The lowest BCUT2D eigenvalue weighted by Gasteiger charge is -2.13. The third-order valence-corrected chi connectivity index (χ3v) is 4.20. The van der Waals surface area contributed by atoms with E-state index in [4.69, 9.17) is 9.47 Å². The summed E-state index contributed by atoms with van der Waals surface area (Å²) in [6.07, 6.45) is 1.66. The molecule has 124 valence electrons.